The van der Waals surface area contributed by atoms with Gasteiger partial charge in [-0.3, -0.25) is 14.1 Å². The van der Waals surface area contributed by atoms with E-state index in [1.807, 2.05) is 0 Å². The molecule has 1 atom stereocenters. The molecule has 0 heterocycles. The minimum Gasteiger partial charge on any atom is -0.744 e. The number of fused-ring (bicyclic) bond motifs is 2. The zero-order valence-corrected chi connectivity index (χ0v) is 29.6. The Morgan fingerprint density at radius 3 is 2.02 bits per heavy atom. The molecule has 0 amide bonds. The van der Waals surface area contributed by atoms with Crippen molar-refractivity contribution >= 4 is 49.1 Å². The fraction of sp³-hybridized carbons (Fsp3) is 0.231. The summed E-state index contributed by atoms with van der Waals surface area (Å²) < 4.78 is 76.0. The first-order chi connectivity index (χ1) is 19.0. The molecule has 1 aliphatic carbocycles. The van der Waals surface area contributed by atoms with Crippen molar-refractivity contribution in [1.29, 1.82) is 0 Å². The molecule has 1 aliphatic rings. The number of ether oxygens (including phenoxy) is 1. The first kappa shape index (κ1) is 37.3. The van der Waals surface area contributed by atoms with Crippen LogP contribution in [-0.4, -0.2) is 61.9 Å². The summed E-state index contributed by atoms with van der Waals surface area (Å²) in [6.45, 7) is 3.09. The average Bonchev–Trinajstić information content (AvgIpc) is 2.86. The van der Waals surface area contributed by atoms with Gasteiger partial charge in [-0.2, -0.15) is 8.42 Å². The Labute approximate surface area is 292 Å². The molecular weight excluding hydrogens is 626 g/mol. The molecule has 43 heavy (non-hydrogen) atoms. The third kappa shape index (κ3) is 7.87. The van der Waals surface area contributed by atoms with Crippen molar-refractivity contribution in [2.75, 3.05) is 24.3 Å². The summed E-state index contributed by atoms with van der Waals surface area (Å²) >= 11 is 0. The number of benzene rings is 3. The van der Waals surface area contributed by atoms with E-state index in [1.54, 1.807) is 19.1 Å². The second-order valence-corrected chi connectivity index (χ2v) is 11.8. The van der Waals surface area contributed by atoms with Crippen molar-refractivity contribution in [2.45, 2.75) is 31.8 Å². The van der Waals surface area contributed by atoms with Crippen LogP contribution in [0.5, 0.6) is 5.75 Å². The van der Waals surface area contributed by atoms with E-state index in [4.69, 9.17) is 15.0 Å². The SMILES string of the molecule is Cc1cc(C)c(S(=O)(=O)[O-])c(C)c1Nc1cc(OCC(O)COS(=O)(=O)O)c(N)c2c1C(=O)c1ccccc1C2=O.[Na+].[Na+]. The molecular formula is C26H25N2Na2O11S2+. The molecule has 0 saturated carbocycles. The number of aliphatic hydroxyl groups is 1. The van der Waals surface area contributed by atoms with Crippen molar-refractivity contribution in [3.63, 3.8) is 0 Å². The average molecular weight is 652 g/mol. The zero-order chi connectivity index (χ0) is 30.4. The number of aryl methyl sites for hydroxylation is 2. The summed E-state index contributed by atoms with van der Waals surface area (Å²) in [4.78, 5) is 26.8. The Morgan fingerprint density at radius 2 is 1.49 bits per heavy atom. The molecule has 0 aromatic heterocycles. The van der Waals surface area contributed by atoms with Crippen molar-refractivity contribution < 1.29 is 109 Å². The van der Waals surface area contributed by atoms with Crippen LogP contribution in [0, 0.1) is 20.8 Å². The number of nitrogens with one attached hydrogen (secondary N) is 1. The molecule has 17 heteroatoms. The molecule has 4 rings (SSSR count). The Hall–Kier alpha value is -1.86. The topological polar surface area (TPSA) is 222 Å². The second-order valence-electron chi connectivity index (χ2n) is 9.39. The first-order valence-corrected chi connectivity index (χ1v) is 14.7. The van der Waals surface area contributed by atoms with Gasteiger partial charge in [0.15, 0.2) is 11.6 Å². The van der Waals surface area contributed by atoms with Crippen molar-refractivity contribution in [2.24, 2.45) is 0 Å². The molecule has 0 saturated heterocycles. The summed E-state index contributed by atoms with van der Waals surface area (Å²) in [5.74, 6) is -1.34. The number of hydrogen-bond donors (Lipinski definition) is 4. The molecule has 0 spiro atoms. The van der Waals surface area contributed by atoms with Gasteiger partial charge in [-0.1, -0.05) is 30.3 Å². The molecule has 1 unspecified atom stereocenters. The predicted octanol–water partition coefficient (Wildman–Crippen LogP) is -3.82. The van der Waals surface area contributed by atoms with Crippen LogP contribution in [0.1, 0.15) is 48.5 Å². The second kappa shape index (κ2) is 14.1. The summed E-state index contributed by atoms with van der Waals surface area (Å²) in [6.07, 6.45) is -1.56. The molecule has 3 aromatic rings. The van der Waals surface area contributed by atoms with Crippen LogP contribution in [0.4, 0.5) is 17.1 Å². The van der Waals surface area contributed by atoms with Gasteiger partial charge in [0.1, 0.15) is 28.6 Å². The van der Waals surface area contributed by atoms with Crippen LogP contribution in [0.15, 0.2) is 41.3 Å². The van der Waals surface area contributed by atoms with Crippen LogP contribution in [-0.2, 0) is 24.7 Å². The number of carbonyl (C=O) groups excluding carboxylic acids is 2. The van der Waals surface area contributed by atoms with Crippen LogP contribution in [0.25, 0.3) is 0 Å². The number of carbonyl (C=O) groups is 2. The van der Waals surface area contributed by atoms with Gasteiger partial charge in [0.05, 0.1) is 34.0 Å². The van der Waals surface area contributed by atoms with Gasteiger partial charge in [-0.15, -0.1) is 0 Å². The molecule has 218 valence electrons. The Kier molecular flexibility index (Phi) is 12.2. The minimum atomic E-state index is -4.88. The van der Waals surface area contributed by atoms with E-state index in [1.165, 1.54) is 38.1 Å². The van der Waals surface area contributed by atoms with E-state index in [0.29, 0.717) is 5.56 Å². The van der Waals surface area contributed by atoms with Crippen molar-refractivity contribution in [3.05, 3.63) is 75.3 Å². The van der Waals surface area contributed by atoms with Gasteiger partial charge in [0.25, 0.3) is 0 Å². The van der Waals surface area contributed by atoms with Crippen LogP contribution in [0.3, 0.4) is 0 Å². The van der Waals surface area contributed by atoms with E-state index in [0.717, 1.165) is 0 Å². The number of nitrogen functional groups attached to an aromatic ring is 1. The fourth-order valence-corrected chi connectivity index (χ4v) is 6.05. The van der Waals surface area contributed by atoms with Crippen LogP contribution in [0.2, 0.25) is 0 Å². The number of anilines is 3. The first-order valence-electron chi connectivity index (χ1n) is 11.9. The van der Waals surface area contributed by atoms with E-state index in [-0.39, 0.29) is 115 Å². The largest absolute Gasteiger partial charge is 1.00 e. The molecule has 0 aliphatic heterocycles. The summed E-state index contributed by atoms with van der Waals surface area (Å²) in [5.41, 5.74) is 6.89. The van der Waals surface area contributed by atoms with Crippen molar-refractivity contribution in [3.8, 4) is 5.75 Å². The zero-order valence-electron chi connectivity index (χ0n) is 23.9. The maximum absolute atomic E-state index is 13.7. The molecule has 0 fully saturated rings. The maximum atomic E-state index is 13.7. The minimum absolute atomic E-state index is 0. The Bertz CT molecular complexity index is 1830. The van der Waals surface area contributed by atoms with Gasteiger partial charge in [-0.25, -0.2) is 12.6 Å². The third-order valence-corrected chi connectivity index (χ3v) is 8.01. The standard InChI is InChI=1S/C26H26N2O11S2.2Na/c1-12-8-13(2)26(40(32,33)34)14(3)23(12)28-18-9-19(38-10-15(29)11-39-41(35,36)37)22(27)21-20(18)24(30)16-6-4-5-7-17(16)25(21)31;;/h4-9,15,28-29H,10-11,27H2,1-3H3,(H,32,33,34)(H,35,36,37);;/q;2*+1/p-1. The summed E-state index contributed by atoms with van der Waals surface area (Å²) in [7, 11) is -9.71. The monoisotopic (exact) mass is 651 g/mol. The van der Waals surface area contributed by atoms with Gasteiger partial charge in [0.2, 0.25) is 0 Å². The van der Waals surface area contributed by atoms with E-state index in [9.17, 15) is 36.1 Å². The number of hydrogen-bond acceptors (Lipinski definition) is 12. The van der Waals surface area contributed by atoms with Crippen LogP contribution < -0.4 is 74.9 Å². The fourth-order valence-electron chi connectivity index (χ4n) is 4.79. The van der Waals surface area contributed by atoms with E-state index >= 15 is 0 Å². The molecule has 0 bridgehead atoms. The van der Waals surface area contributed by atoms with Crippen molar-refractivity contribution in [1.82, 2.24) is 0 Å². The number of rotatable bonds is 9. The smallest absolute Gasteiger partial charge is 0.744 e. The van der Waals surface area contributed by atoms with Gasteiger partial charge >= 0.3 is 69.5 Å². The van der Waals surface area contributed by atoms with E-state index in [2.05, 4.69) is 9.50 Å². The number of ketones is 2. The predicted molar refractivity (Wildman–Crippen MR) is 145 cm³/mol. The normalized spacial score (nSPS) is 13.3. The number of nitrogens with two attached hydrogens (primary N) is 1. The quantitative estimate of drug-likeness (QED) is 0.0775. The van der Waals surface area contributed by atoms with Gasteiger partial charge < -0.3 is 25.4 Å². The maximum Gasteiger partial charge on any atom is 1.00 e. The van der Waals surface area contributed by atoms with Crippen LogP contribution >= 0.6 is 0 Å². The Morgan fingerprint density at radius 1 is 0.930 bits per heavy atom. The number of aliphatic hydroxyl groups excluding tert-OH is 1. The molecule has 5 N–H and O–H groups in total. The Balaban J connectivity index is 0.00000323. The summed E-state index contributed by atoms with van der Waals surface area (Å²) in [5, 5.41) is 13.0. The molecule has 3 aromatic carbocycles. The van der Waals surface area contributed by atoms with E-state index < -0.39 is 56.3 Å². The van der Waals surface area contributed by atoms with Gasteiger partial charge in [-0.05, 0) is 37.5 Å². The van der Waals surface area contributed by atoms with Gasteiger partial charge in [0, 0.05) is 22.9 Å². The molecule has 13 nitrogen and oxygen atoms in total. The molecule has 0 radical (unpaired) electrons. The summed E-state index contributed by atoms with van der Waals surface area (Å²) in [6, 6.07) is 8.81. The third-order valence-electron chi connectivity index (χ3n) is 6.45.